The number of fused-ring (bicyclic) bond motifs is 7. The zero-order valence-electron chi connectivity index (χ0n) is 20.8. The van der Waals surface area contributed by atoms with Gasteiger partial charge in [-0.1, -0.05) is 105 Å². The molecule has 0 unspecified atom stereocenters. The Labute approximate surface area is 217 Å². The Kier molecular flexibility index (Phi) is 4.29. The molecule has 0 spiro atoms. The fraction of sp³-hybridized carbons (Fsp3) is 0.0882. The first-order chi connectivity index (χ1) is 18.1. The zero-order valence-corrected chi connectivity index (χ0v) is 21.7. The Balaban J connectivity index is 1.37. The summed E-state index contributed by atoms with van der Waals surface area (Å²) in [5.74, 6) is 0. The maximum Gasteiger partial charge on any atom is 0.0967 e. The van der Waals surface area contributed by atoms with Crippen LogP contribution in [0.1, 0.15) is 25.0 Å². The third kappa shape index (κ3) is 2.82. The maximum absolute atomic E-state index is 4.71. The van der Waals surface area contributed by atoms with Gasteiger partial charge in [0, 0.05) is 21.9 Å². The van der Waals surface area contributed by atoms with Crippen molar-refractivity contribution < 1.29 is 0 Å². The van der Waals surface area contributed by atoms with Crippen LogP contribution in [0.5, 0.6) is 0 Å². The van der Waals surface area contributed by atoms with E-state index in [2.05, 4.69) is 122 Å². The predicted octanol–water partition coefficient (Wildman–Crippen LogP) is 7.27. The van der Waals surface area contributed by atoms with E-state index in [-0.39, 0.29) is 5.41 Å². The average Bonchev–Trinajstić information content (AvgIpc) is 3.59. The molecule has 0 fully saturated rings. The van der Waals surface area contributed by atoms with Gasteiger partial charge in [0.25, 0.3) is 0 Å². The van der Waals surface area contributed by atoms with E-state index in [0.29, 0.717) is 0 Å². The van der Waals surface area contributed by atoms with Gasteiger partial charge in [-0.15, -0.1) is 0 Å². The Bertz CT molecular complexity index is 1810. The lowest BCUT2D eigenvalue weighted by molar-refractivity contribution is 0.661. The van der Waals surface area contributed by atoms with E-state index in [9.17, 15) is 0 Å². The monoisotopic (exact) mass is 492 g/mol. The van der Waals surface area contributed by atoms with Crippen LogP contribution in [-0.4, -0.2) is 9.97 Å². The van der Waals surface area contributed by atoms with E-state index < -0.39 is 7.92 Å². The number of hydrogen-bond donors (Lipinski definition) is 1. The van der Waals surface area contributed by atoms with Crippen molar-refractivity contribution in [2.45, 2.75) is 19.3 Å². The molecule has 5 aromatic carbocycles. The third-order valence-electron chi connectivity index (χ3n) is 8.23. The van der Waals surface area contributed by atoms with Gasteiger partial charge in [0.1, 0.15) is 0 Å². The van der Waals surface area contributed by atoms with Crippen LogP contribution in [0.4, 0.5) is 0 Å². The van der Waals surface area contributed by atoms with Crippen molar-refractivity contribution in [2.75, 3.05) is 0 Å². The molecule has 0 atom stereocenters. The summed E-state index contributed by atoms with van der Waals surface area (Å²) < 4.78 is 0. The molecule has 8 rings (SSSR count). The molecule has 0 saturated carbocycles. The molecule has 2 aliphatic carbocycles. The number of benzene rings is 5. The van der Waals surface area contributed by atoms with E-state index >= 15 is 0 Å². The summed E-state index contributed by atoms with van der Waals surface area (Å²) in [5, 5.41) is 6.84. The number of rotatable bonds is 3. The number of aromatic amines is 1. The molecule has 1 heterocycles. The minimum atomic E-state index is -0.647. The summed E-state index contributed by atoms with van der Waals surface area (Å²) in [7, 11) is -0.647. The minimum absolute atomic E-state index is 0.102. The fourth-order valence-corrected chi connectivity index (χ4v) is 8.84. The van der Waals surface area contributed by atoms with Crippen LogP contribution in [0.15, 0.2) is 109 Å². The van der Waals surface area contributed by atoms with Gasteiger partial charge < -0.3 is 4.98 Å². The number of H-pyrrole nitrogens is 1. The quantitative estimate of drug-likeness (QED) is 0.258. The fourth-order valence-electron chi connectivity index (χ4n) is 6.52. The van der Waals surface area contributed by atoms with Crippen molar-refractivity contribution in [1.82, 2.24) is 9.97 Å². The topological polar surface area (TPSA) is 28.7 Å². The Hall–Kier alpha value is -4.00. The Morgan fingerprint density at radius 3 is 2.11 bits per heavy atom. The largest absolute Gasteiger partial charge is 0.344 e. The van der Waals surface area contributed by atoms with E-state index in [1.807, 2.05) is 6.33 Å². The molecule has 2 nitrogen and oxygen atoms in total. The molecular formula is C34H25N2P. The van der Waals surface area contributed by atoms with Gasteiger partial charge in [0.05, 0.1) is 17.7 Å². The minimum Gasteiger partial charge on any atom is -0.344 e. The van der Waals surface area contributed by atoms with Crippen molar-refractivity contribution in [3.63, 3.8) is 0 Å². The van der Waals surface area contributed by atoms with Gasteiger partial charge in [0.15, 0.2) is 0 Å². The maximum atomic E-state index is 4.71. The summed E-state index contributed by atoms with van der Waals surface area (Å²) in [5.41, 5.74) is 10.2. The van der Waals surface area contributed by atoms with Crippen molar-refractivity contribution in [2.24, 2.45) is 0 Å². The number of nitrogens with one attached hydrogen (secondary N) is 1. The highest BCUT2D eigenvalue weighted by Crippen LogP contribution is 2.56. The Morgan fingerprint density at radius 2 is 1.38 bits per heavy atom. The van der Waals surface area contributed by atoms with Crippen molar-refractivity contribution in [3.05, 3.63) is 121 Å². The lowest BCUT2D eigenvalue weighted by Gasteiger charge is -2.25. The summed E-state index contributed by atoms with van der Waals surface area (Å²) in [6.45, 7) is 4.77. The molecule has 1 N–H and O–H groups in total. The number of hydrogen-bond acceptors (Lipinski definition) is 1. The third-order valence-corrected chi connectivity index (χ3v) is 10.7. The van der Waals surface area contributed by atoms with Gasteiger partial charge in [-0.2, -0.15) is 0 Å². The highest BCUT2D eigenvalue weighted by atomic mass is 31.1. The summed E-state index contributed by atoms with van der Waals surface area (Å²) in [4.78, 5) is 8.09. The highest BCUT2D eigenvalue weighted by Gasteiger charge is 2.39. The van der Waals surface area contributed by atoms with E-state index in [0.717, 1.165) is 11.4 Å². The van der Waals surface area contributed by atoms with E-state index in [1.165, 1.54) is 60.1 Å². The van der Waals surface area contributed by atoms with Crippen LogP contribution in [0, 0.1) is 0 Å². The van der Waals surface area contributed by atoms with Crippen LogP contribution < -0.4 is 15.9 Å². The predicted molar refractivity (Wildman–Crippen MR) is 157 cm³/mol. The van der Waals surface area contributed by atoms with Crippen LogP contribution in [0.3, 0.4) is 0 Å². The number of nitrogens with zero attached hydrogens (tertiary/aromatic N) is 1. The second kappa shape index (κ2) is 7.51. The van der Waals surface area contributed by atoms with Crippen LogP contribution in [0.25, 0.3) is 44.4 Å². The molecule has 3 heteroatoms. The molecule has 1 aromatic heterocycles. The molecule has 0 amide bonds. The van der Waals surface area contributed by atoms with E-state index in [4.69, 9.17) is 4.98 Å². The van der Waals surface area contributed by atoms with Crippen LogP contribution >= 0.6 is 7.92 Å². The van der Waals surface area contributed by atoms with Crippen LogP contribution in [-0.2, 0) is 5.41 Å². The SMILES string of the molecule is CC1(C)c2cc(P(c3ccccc3)c3ccccc3)ccc2-c2c1cc1c3c(cccc23)-c2[nH]cnc2-1. The normalized spacial score (nSPS) is 14.1. The molecular weight excluding hydrogens is 467 g/mol. The molecule has 0 aliphatic heterocycles. The molecule has 0 saturated heterocycles. The van der Waals surface area contributed by atoms with Gasteiger partial charge in [-0.3, -0.25) is 0 Å². The second-order valence-corrected chi connectivity index (χ2v) is 12.8. The summed E-state index contributed by atoms with van der Waals surface area (Å²) >= 11 is 0. The van der Waals surface area contributed by atoms with Gasteiger partial charge in [-0.05, 0) is 63.6 Å². The lowest BCUT2D eigenvalue weighted by atomic mass is 9.81. The highest BCUT2D eigenvalue weighted by molar-refractivity contribution is 7.79. The van der Waals surface area contributed by atoms with Crippen molar-refractivity contribution >= 4 is 34.6 Å². The summed E-state index contributed by atoms with van der Waals surface area (Å²) in [6, 6.07) is 38.4. The number of aromatic nitrogens is 2. The number of imidazole rings is 1. The molecule has 2 aliphatic rings. The van der Waals surface area contributed by atoms with Crippen molar-refractivity contribution in [1.29, 1.82) is 0 Å². The average molecular weight is 493 g/mol. The van der Waals surface area contributed by atoms with E-state index in [1.54, 1.807) is 0 Å². The molecule has 6 aromatic rings. The van der Waals surface area contributed by atoms with Crippen LogP contribution in [0.2, 0.25) is 0 Å². The smallest absolute Gasteiger partial charge is 0.0967 e. The van der Waals surface area contributed by atoms with Gasteiger partial charge in [-0.25, -0.2) is 4.98 Å². The Morgan fingerprint density at radius 1 is 0.649 bits per heavy atom. The molecule has 176 valence electrons. The standard InChI is InChI=1S/C34H25N2P/c1-34(2)28-18-23(37(21-10-5-3-6-11-21)22-12-7-4-8-13-22)16-17-24(28)31-25-14-9-15-26-30(25)27(19-29(31)34)33-32(26)35-20-36-33/h3-20H,1-2H3,(H,35,36). The first-order valence-electron chi connectivity index (χ1n) is 12.8. The summed E-state index contributed by atoms with van der Waals surface area (Å²) in [6.07, 6.45) is 1.82. The van der Waals surface area contributed by atoms with Gasteiger partial charge in [0.2, 0.25) is 0 Å². The molecule has 0 bridgehead atoms. The lowest BCUT2D eigenvalue weighted by Crippen LogP contribution is -2.23. The second-order valence-electron chi connectivity index (χ2n) is 10.6. The van der Waals surface area contributed by atoms with Gasteiger partial charge >= 0.3 is 0 Å². The molecule has 37 heavy (non-hydrogen) atoms. The molecule has 0 radical (unpaired) electrons. The van der Waals surface area contributed by atoms with Crippen molar-refractivity contribution in [3.8, 4) is 33.6 Å². The zero-order chi connectivity index (χ0) is 24.7. The first kappa shape index (κ1) is 21.1. The first-order valence-corrected chi connectivity index (χ1v) is 14.2.